The average Bonchev–Trinajstić information content (AvgIpc) is 2.59. The molecule has 76 valence electrons. The van der Waals surface area contributed by atoms with Gasteiger partial charge in [-0.3, -0.25) is 4.79 Å². The van der Waals surface area contributed by atoms with Crippen molar-refractivity contribution in [1.82, 2.24) is 5.43 Å². The van der Waals surface area contributed by atoms with Gasteiger partial charge in [0.15, 0.2) is 5.76 Å². The highest BCUT2D eigenvalue weighted by molar-refractivity contribution is 5.91. The maximum absolute atomic E-state index is 11.3. The molecule has 4 heteroatoms. The molecule has 0 radical (unpaired) electrons. The molecule has 14 heavy (non-hydrogen) atoms. The monoisotopic (exact) mass is 194 g/mol. The number of nitrogens with zero attached hydrogens (tertiary/aromatic N) is 1. The van der Waals surface area contributed by atoms with Crippen molar-refractivity contribution < 1.29 is 9.21 Å². The summed E-state index contributed by atoms with van der Waals surface area (Å²) in [5.41, 5.74) is 2.38. The molecular weight excluding hydrogens is 180 g/mol. The van der Waals surface area contributed by atoms with Gasteiger partial charge in [-0.1, -0.05) is 13.3 Å². The van der Waals surface area contributed by atoms with Crippen LogP contribution < -0.4 is 5.43 Å². The number of carbonyl (C=O) groups is 1. The Kier molecular flexibility index (Phi) is 3.91. The quantitative estimate of drug-likeness (QED) is 0.589. The summed E-state index contributed by atoms with van der Waals surface area (Å²) in [4.78, 5) is 11.3. The molecule has 0 aliphatic rings. The molecule has 0 saturated heterocycles. The van der Waals surface area contributed by atoms with Crippen LogP contribution in [0.2, 0.25) is 0 Å². The first-order valence-electron chi connectivity index (χ1n) is 4.62. The number of hydrogen-bond donors (Lipinski definition) is 1. The molecule has 1 N–H and O–H groups in total. The van der Waals surface area contributed by atoms with Gasteiger partial charge >= 0.3 is 5.91 Å². The normalized spacial score (nSPS) is 10.7. The van der Waals surface area contributed by atoms with Crippen LogP contribution in [0.4, 0.5) is 0 Å². The maximum Gasteiger partial charge on any atom is 0.307 e. The summed E-state index contributed by atoms with van der Waals surface area (Å²) in [6.45, 7) is 3.83. The lowest BCUT2D eigenvalue weighted by molar-refractivity contribution is 0.0926. The number of carbonyl (C=O) groups excluding carboxylic acids is 1. The molecule has 0 saturated carbocycles. The van der Waals surface area contributed by atoms with Crippen LogP contribution in [0.1, 0.15) is 36.1 Å². The Morgan fingerprint density at radius 3 is 3.00 bits per heavy atom. The number of hydrogen-bond acceptors (Lipinski definition) is 3. The summed E-state index contributed by atoms with van der Waals surface area (Å²) in [5, 5.41) is 3.76. The topological polar surface area (TPSA) is 54.6 Å². The fourth-order valence-corrected chi connectivity index (χ4v) is 0.910. The predicted molar refractivity (Wildman–Crippen MR) is 54.3 cm³/mol. The molecule has 4 nitrogen and oxygen atoms in total. The third kappa shape index (κ3) is 3.05. The van der Waals surface area contributed by atoms with E-state index in [1.165, 1.54) is 0 Å². The molecule has 0 aliphatic carbocycles. The Balaban J connectivity index is 2.43. The van der Waals surface area contributed by atoms with E-state index in [9.17, 15) is 4.79 Å². The molecule has 0 aromatic carbocycles. The first-order chi connectivity index (χ1) is 6.74. The van der Waals surface area contributed by atoms with Gasteiger partial charge in [-0.05, 0) is 25.5 Å². The van der Waals surface area contributed by atoms with Crippen molar-refractivity contribution in [3.63, 3.8) is 0 Å². The standard InChI is InChI=1S/C10H14N2O2/c1-3-4-7-11-12-10(13)9-6-5-8(2)14-9/h5-7H,3-4H2,1-2H3,(H,12,13)/b11-7+. The molecule has 0 spiro atoms. The van der Waals surface area contributed by atoms with Crippen molar-refractivity contribution in [3.8, 4) is 0 Å². The fraction of sp³-hybridized carbons (Fsp3) is 0.400. The Hall–Kier alpha value is -1.58. The number of furan rings is 1. The van der Waals surface area contributed by atoms with Gasteiger partial charge in [-0.15, -0.1) is 0 Å². The third-order valence-corrected chi connectivity index (χ3v) is 1.64. The minimum Gasteiger partial charge on any atom is -0.456 e. The van der Waals surface area contributed by atoms with Crippen LogP contribution in [0.5, 0.6) is 0 Å². The van der Waals surface area contributed by atoms with Gasteiger partial charge in [-0.25, -0.2) is 5.43 Å². The highest BCUT2D eigenvalue weighted by Gasteiger charge is 2.07. The molecule has 0 aliphatic heterocycles. The third-order valence-electron chi connectivity index (χ3n) is 1.64. The zero-order valence-corrected chi connectivity index (χ0v) is 8.41. The minimum absolute atomic E-state index is 0.288. The Labute approximate surface area is 83.0 Å². The van der Waals surface area contributed by atoms with Gasteiger partial charge in [0.25, 0.3) is 0 Å². The average molecular weight is 194 g/mol. The number of nitrogens with one attached hydrogen (secondary N) is 1. The highest BCUT2D eigenvalue weighted by Crippen LogP contribution is 2.05. The summed E-state index contributed by atoms with van der Waals surface area (Å²) >= 11 is 0. The summed E-state index contributed by atoms with van der Waals surface area (Å²) in [6, 6.07) is 3.37. The van der Waals surface area contributed by atoms with E-state index in [1.807, 2.05) is 6.92 Å². The summed E-state index contributed by atoms with van der Waals surface area (Å²) < 4.78 is 5.12. The summed E-state index contributed by atoms with van der Waals surface area (Å²) in [5.74, 6) is 0.689. The Morgan fingerprint density at radius 2 is 2.43 bits per heavy atom. The van der Waals surface area contributed by atoms with Crippen LogP contribution in [0, 0.1) is 6.92 Å². The van der Waals surface area contributed by atoms with Gasteiger partial charge in [0.1, 0.15) is 5.76 Å². The van der Waals surface area contributed by atoms with Crippen molar-refractivity contribution in [1.29, 1.82) is 0 Å². The smallest absolute Gasteiger partial charge is 0.307 e. The number of aryl methyl sites for hydroxylation is 1. The van der Waals surface area contributed by atoms with Crippen LogP contribution in [-0.4, -0.2) is 12.1 Å². The maximum atomic E-state index is 11.3. The molecule has 1 aromatic heterocycles. The van der Waals surface area contributed by atoms with Crippen LogP contribution in [0.25, 0.3) is 0 Å². The second-order valence-corrected chi connectivity index (χ2v) is 2.95. The van der Waals surface area contributed by atoms with Crippen LogP contribution in [0.3, 0.4) is 0 Å². The lowest BCUT2D eigenvalue weighted by atomic mass is 10.4. The molecule has 0 unspecified atom stereocenters. The first kappa shape index (κ1) is 10.5. The number of amides is 1. The number of unbranched alkanes of at least 4 members (excludes halogenated alkanes) is 1. The molecule has 1 amide bonds. The molecule has 0 bridgehead atoms. The molecule has 1 aromatic rings. The van der Waals surface area contributed by atoms with Crippen molar-refractivity contribution in [2.45, 2.75) is 26.7 Å². The van der Waals surface area contributed by atoms with Gasteiger partial charge < -0.3 is 4.42 Å². The summed E-state index contributed by atoms with van der Waals surface area (Å²) in [7, 11) is 0. The molecule has 0 atom stereocenters. The predicted octanol–water partition coefficient (Wildman–Crippen LogP) is 2.10. The lowest BCUT2D eigenvalue weighted by Crippen LogP contribution is -2.16. The SMILES string of the molecule is CCC/C=N/NC(=O)c1ccc(C)o1. The first-order valence-corrected chi connectivity index (χ1v) is 4.62. The zero-order chi connectivity index (χ0) is 10.4. The fourth-order valence-electron chi connectivity index (χ4n) is 0.910. The molecule has 1 rings (SSSR count). The zero-order valence-electron chi connectivity index (χ0n) is 8.41. The van der Waals surface area contributed by atoms with E-state index < -0.39 is 0 Å². The van der Waals surface area contributed by atoms with E-state index in [0.29, 0.717) is 5.76 Å². The minimum atomic E-state index is -0.314. The van der Waals surface area contributed by atoms with E-state index >= 15 is 0 Å². The van der Waals surface area contributed by atoms with Gasteiger partial charge in [0.05, 0.1) is 0 Å². The van der Waals surface area contributed by atoms with Crippen molar-refractivity contribution in [2.75, 3.05) is 0 Å². The molecule has 1 heterocycles. The Bertz CT molecular complexity index is 329. The lowest BCUT2D eigenvalue weighted by Gasteiger charge is -1.94. The van der Waals surface area contributed by atoms with Gasteiger partial charge in [0.2, 0.25) is 0 Å². The number of hydrazone groups is 1. The van der Waals surface area contributed by atoms with E-state index in [1.54, 1.807) is 25.3 Å². The van der Waals surface area contributed by atoms with Crippen molar-refractivity contribution in [3.05, 3.63) is 23.7 Å². The van der Waals surface area contributed by atoms with Gasteiger partial charge in [-0.2, -0.15) is 5.10 Å². The van der Waals surface area contributed by atoms with Crippen LogP contribution >= 0.6 is 0 Å². The van der Waals surface area contributed by atoms with E-state index in [4.69, 9.17) is 4.42 Å². The van der Waals surface area contributed by atoms with Gasteiger partial charge in [0, 0.05) is 6.21 Å². The second-order valence-electron chi connectivity index (χ2n) is 2.95. The van der Waals surface area contributed by atoms with Crippen LogP contribution in [-0.2, 0) is 0 Å². The largest absolute Gasteiger partial charge is 0.456 e. The molecule has 0 fully saturated rings. The van der Waals surface area contributed by atoms with E-state index in [2.05, 4.69) is 10.5 Å². The van der Waals surface area contributed by atoms with Crippen molar-refractivity contribution >= 4 is 12.1 Å². The van der Waals surface area contributed by atoms with E-state index in [-0.39, 0.29) is 11.7 Å². The van der Waals surface area contributed by atoms with Crippen molar-refractivity contribution in [2.24, 2.45) is 5.10 Å². The highest BCUT2D eigenvalue weighted by atomic mass is 16.3. The van der Waals surface area contributed by atoms with Crippen LogP contribution in [0.15, 0.2) is 21.7 Å². The summed E-state index contributed by atoms with van der Waals surface area (Å²) in [6.07, 6.45) is 3.55. The van der Waals surface area contributed by atoms with E-state index in [0.717, 1.165) is 12.8 Å². The Morgan fingerprint density at radius 1 is 1.64 bits per heavy atom. The second kappa shape index (κ2) is 5.21. The number of rotatable bonds is 4. The molecular formula is C10H14N2O2.